The number of rotatable bonds is 3. The minimum absolute atomic E-state index is 0.418. The van der Waals surface area contributed by atoms with Crippen LogP contribution >= 0.6 is 22.7 Å². The molecule has 2 aromatic rings. The Labute approximate surface area is 88.8 Å². The zero-order valence-electron chi connectivity index (χ0n) is 7.10. The van der Waals surface area contributed by atoms with Gasteiger partial charge in [0.25, 0.3) is 0 Å². The maximum atomic E-state index is 11.6. The van der Waals surface area contributed by atoms with Crippen molar-refractivity contribution in [3.05, 3.63) is 44.8 Å². The van der Waals surface area contributed by atoms with Crippen LogP contribution in [0.4, 0.5) is 0 Å². The van der Waals surface area contributed by atoms with Crippen molar-refractivity contribution in [2.24, 2.45) is 0 Å². The largest absolute Gasteiger partial charge is 0.285 e. The molecule has 0 atom stereocenters. The molecule has 0 radical (unpaired) electrons. The molecule has 0 amide bonds. The molecule has 0 saturated carbocycles. The number of hydrogen-bond acceptors (Lipinski definition) is 4. The van der Waals surface area contributed by atoms with Crippen LogP contribution in [0.2, 0.25) is 0 Å². The SMILES string of the molecule is O=C(C(=O)c1cccs1)c1ccsc1. The molecular weight excluding hydrogens is 216 g/mol. The van der Waals surface area contributed by atoms with E-state index >= 15 is 0 Å². The Bertz CT molecular complexity index is 396. The first-order valence-electron chi connectivity index (χ1n) is 3.94. The Kier molecular flexibility index (Phi) is 2.56. The van der Waals surface area contributed by atoms with Crippen molar-refractivity contribution in [3.63, 3.8) is 0 Å². The third kappa shape index (κ3) is 1.66. The maximum absolute atomic E-state index is 11.6. The van der Waals surface area contributed by atoms with Crippen molar-refractivity contribution >= 4 is 34.2 Å². The van der Waals surface area contributed by atoms with Crippen LogP contribution in [0.5, 0.6) is 0 Å². The van der Waals surface area contributed by atoms with E-state index in [1.165, 1.54) is 22.7 Å². The molecule has 0 saturated heterocycles. The number of hydrogen-bond donors (Lipinski definition) is 0. The number of Topliss-reactive ketones (excluding diaryl/α,β-unsaturated/α-hetero) is 2. The molecular formula is C10H6O2S2. The lowest BCUT2D eigenvalue weighted by Crippen LogP contribution is -2.11. The van der Waals surface area contributed by atoms with E-state index in [0.29, 0.717) is 10.4 Å². The van der Waals surface area contributed by atoms with E-state index in [9.17, 15) is 9.59 Å². The Morgan fingerprint density at radius 2 is 1.93 bits per heavy atom. The number of thiophene rings is 2. The Balaban J connectivity index is 2.26. The molecule has 2 rings (SSSR count). The fraction of sp³-hybridized carbons (Fsp3) is 0. The van der Waals surface area contributed by atoms with Crippen LogP contribution in [-0.2, 0) is 0 Å². The van der Waals surface area contributed by atoms with Crippen LogP contribution in [0, 0.1) is 0 Å². The van der Waals surface area contributed by atoms with Gasteiger partial charge in [0.05, 0.1) is 4.88 Å². The van der Waals surface area contributed by atoms with Crippen LogP contribution in [0.25, 0.3) is 0 Å². The molecule has 70 valence electrons. The molecule has 0 unspecified atom stereocenters. The van der Waals surface area contributed by atoms with Crippen molar-refractivity contribution in [1.82, 2.24) is 0 Å². The molecule has 0 spiro atoms. The van der Waals surface area contributed by atoms with Gasteiger partial charge in [-0.25, -0.2) is 0 Å². The van der Waals surface area contributed by atoms with Crippen LogP contribution in [-0.4, -0.2) is 11.6 Å². The second kappa shape index (κ2) is 3.86. The molecule has 0 aliphatic heterocycles. The monoisotopic (exact) mass is 222 g/mol. The van der Waals surface area contributed by atoms with E-state index in [1.807, 2.05) is 0 Å². The summed E-state index contributed by atoms with van der Waals surface area (Å²) in [5.41, 5.74) is 0.480. The summed E-state index contributed by atoms with van der Waals surface area (Å²) < 4.78 is 0. The summed E-state index contributed by atoms with van der Waals surface area (Å²) in [7, 11) is 0. The minimum atomic E-state index is -0.423. The van der Waals surface area contributed by atoms with Gasteiger partial charge in [0.15, 0.2) is 0 Å². The Morgan fingerprint density at radius 3 is 2.50 bits per heavy atom. The first-order valence-corrected chi connectivity index (χ1v) is 5.76. The highest BCUT2D eigenvalue weighted by atomic mass is 32.1. The fourth-order valence-electron chi connectivity index (χ4n) is 1.04. The van der Waals surface area contributed by atoms with Gasteiger partial charge in [0.2, 0.25) is 11.6 Å². The van der Waals surface area contributed by atoms with E-state index < -0.39 is 11.6 Å². The Morgan fingerprint density at radius 1 is 1.07 bits per heavy atom. The molecule has 2 aromatic heterocycles. The van der Waals surface area contributed by atoms with Gasteiger partial charge >= 0.3 is 0 Å². The molecule has 2 nitrogen and oxygen atoms in total. The lowest BCUT2D eigenvalue weighted by atomic mass is 10.1. The van der Waals surface area contributed by atoms with Crippen LogP contribution in [0.15, 0.2) is 34.3 Å². The molecule has 0 bridgehead atoms. The maximum Gasteiger partial charge on any atom is 0.243 e. The molecule has 2 heterocycles. The molecule has 0 N–H and O–H groups in total. The summed E-state index contributed by atoms with van der Waals surface area (Å²) in [5, 5.41) is 5.26. The number of carbonyl (C=O) groups excluding carboxylic acids is 2. The van der Waals surface area contributed by atoms with E-state index in [2.05, 4.69) is 0 Å². The molecule has 0 aliphatic rings. The summed E-state index contributed by atoms with van der Waals surface area (Å²) in [4.78, 5) is 23.6. The third-order valence-electron chi connectivity index (χ3n) is 1.73. The highest BCUT2D eigenvalue weighted by molar-refractivity contribution is 7.13. The van der Waals surface area contributed by atoms with E-state index in [-0.39, 0.29) is 0 Å². The average Bonchev–Trinajstić information content (AvgIpc) is 2.87. The summed E-state index contributed by atoms with van der Waals surface area (Å²) in [6.45, 7) is 0. The van der Waals surface area contributed by atoms with Gasteiger partial charge in [-0.1, -0.05) is 6.07 Å². The molecule has 0 fully saturated rings. The summed E-state index contributed by atoms with van der Waals surface area (Å²) in [5.74, 6) is -0.841. The van der Waals surface area contributed by atoms with Crippen LogP contribution < -0.4 is 0 Å². The highest BCUT2D eigenvalue weighted by Crippen LogP contribution is 2.14. The zero-order chi connectivity index (χ0) is 9.97. The highest BCUT2D eigenvalue weighted by Gasteiger charge is 2.18. The van der Waals surface area contributed by atoms with Crippen molar-refractivity contribution < 1.29 is 9.59 Å². The summed E-state index contributed by atoms with van der Waals surface area (Å²) in [6, 6.07) is 5.09. The smallest absolute Gasteiger partial charge is 0.243 e. The fourth-order valence-corrected chi connectivity index (χ4v) is 2.34. The molecule has 0 aliphatic carbocycles. The molecule has 4 heteroatoms. The normalized spacial score (nSPS) is 10.0. The Hall–Kier alpha value is -1.26. The minimum Gasteiger partial charge on any atom is -0.285 e. The first-order chi connectivity index (χ1) is 6.79. The van der Waals surface area contributed by atoms with Crippen molar-refractivity contribution in [2.75, 3.05) is 0 Å². The quantitative estimate of drug-likeness (QED) is 0.591. The topological polar surface area (TPSA) is 34.1 Å². The van der Waals surface area contributed by atoms with Crippen molar-refractivity contribution in [1.29, 1.82) is 0 Å². The van der Waals surface area contributed by atoms with E-state index in [4.69, 9.17) is 0 Å². The summed E-state index contributed by atoms with van der Waals surface area (Å²) >= 11 is 2.70. The van der Waals surface area contributed by atoms with Crippen LogP contribution in [0.3, 0.4) is 0 Å². The van der Waals surface area contributed by atoms with Gasteiger partial charge in [-0.2, -0.15) is 11.3 Å². The van der Waals surface area contributed by atoms with Gasteiger partial charge < -0.3 is 0 Å². The van der Waals surface area contributed by atoms with Gasteiger partial charge in [-0.15, -0.1) is 11.3 Å². The van der Waals surface area contributed by atoms with Crippen LogP contribution in [0.1, 0.15) is 20.0 Å². The van der Waals surface area contributed by atoms with E-state index in [0.717, 1.165) is 0 Å². The predicted octanol–water partition coefficient (Wildman–Crippen LogP) is 2.88. The van der Waals surface area contributed by atoms with Gasteiger partial charge in [-0.05, 0) is 22.9 Å². The number of carbonyl (C=O) groups is 2. The molecule has 0 aromatic carbocycles. The molecule has 14 heavy (non-hydrogen) atoms. The number of ketones is 2. The van der Waals surface area contributed by atoms with Gasteiger partial charge in [-0.3, -0.25) is 9.59 Å². The second-order valence-electron chi connectivity index (χ2n) is 2.65. The van der Waals surface area contributed by atoms with Gasteiger partial charge in [0.1, 0.15) is 0 Å². The van der Waals surface area contributed by atoms with Crippen molar-refractivity contribution in [3.8, 4) is 0 Å². The van der Waals surface area contributed by atoms with E-state index in [1.54, 1.807) is 34.3 Å². The third-order valence-corrected chi connectivity index (χ3v) is 3.29. The first kappa shape index (κ1) is 9.30. The van der Waals surface area contributed by atoms with Crippen molar-refractivity contribution in [2.45, 2.75) is 0 Å². The standard InChI is InChI=1S/C10H6O2S2/c11-9(7-3-5-13-6-7)10(12)8-2-1-4-14-8/h1-6H. The lowest BCUT2D eigenvalue weighted by Gasteiger charge is -1.93. The van der Waals surface area contributed by atoms with Gasteiger partial charge in [0, 0.05) is 10.9 Å². The average molecular weight is 222 g/mol. The predicted molar refractivity (Wildman–Crippen MR) is 57.3 cm³/mol. The second-order valence-corrected chi connectivity index (χ2v) is 4.38. The zero-order valence-corrected chi connectivity index (χ0v) is 8.73. The summed E-state index contributed by atoms with van der Waals surface area (Å²) in [6.07, 6.45) is 0. The lowest BCUT2D eigenvalue weighted by molar-refractivity contribution is 0.0819.